The third-order valence-corrected chi connectivity index (χ3v) is 4.50. The summed E-state index contributed by atoms with van der Waals surface area (Å²) >= 11 is 0. The molecule has 1 fully saturated rings. The summed E-state index contributed by atoms with van der Waals surface area (Å²) in [6, 6.07) is 7.19. The van der Waals surface area contributed by atoms with Gasteiger partial charge in [-0.3, -0.25) is 14.2 Å². The van der Waals surface area contributed by atoms with E-state index in [1.807, 2.05) is 18.2 Å². The Hall–Kier alpha value is -2.96. The number of nitrogens with zero attached hydrogens (tertiary/aromatic N) is 5. The summed E-state index contributed by atoms with van der Waals surface area (Å²) in [5.41, 5.74) is 0.631. The first-order chi connectivity index (χ1) is 12.3. The monoisotopic (exact) mass is 337 g/mol. The molecule has 0 radical (unpaired) electrons. The molecule has 0 N–H and O–H groups in total. The van der Waals surface area contributed by atoms with E-state index in [9.17, 15) is 4.79 Å². The Balaban J connectivity index is 1.39. The van der Waals surface area contributed by atoms with Crippen molar-refractivity contribution < 1.29 is 4.74 Å². The lowest BCUT2D eigenvalue weighted by molar-refractivity contribution is 0.215. The Labute approximate surface area is 144 Å². The van der Waals surface area contributed by atoms with Gasteiger partial charge in [0.05, 0.1) is 12.8 Å². The molecule has 1 aliphatic heterocycles. The van der Waals surface area contributed by atoms with Gasteiger partial charge in [0, 0.05) is 37.7 Å². The zero-order valence-electron chi connectivity index (χ0n) is 13.8. The highest BCUT2D eigenvalue weighted by Gasteiger charge is 2.21. The smallest absolute Gasteiger partial charge is 0.259 e. The molecule has 3 aromatic heterocycles. The van der Waals surface area contributed by atoms with Crippen LogP contribution in [0.25, 0.3) is 5.65 Å². The van der Waals surface area contributed by atoms with Gasteiger partial charge in [-0.2, -0.15) is 0 Å². The second-order valence-corrected chi connectivity index (χ2v) is 6.17. The quantitative estimate of drug-likeness (QED) is 0.723. The summed E-state index contributed by atoms with van der Waals surface area (Å²) in [4.78, 5) is 27.1. The summed E-state index contributed by atoms with van der Waals surface area (Å²) < 4.78 is 7.26. The zero-order chi connectivity index (χ0) is 17.1. The number of hydrogen-bond acceptors (Lipinski definition) is 6. The minimum atomic E-state index is -0.0475. The van der Waals surface area contributed by atoms with Crippen LogP contribution >= 0.6 is 0 Å². The van der Waals surface area contributed by atoms with Crippen LogP contribution in [0.5, 0.6) is 5.88 Å². The molecular formula is C18H19N5O2. The van der Waals surface area contributed by atoms with Crippen molar-refractivity contribution in [3.63, 3.8) is 0 Å². The molecule has 4 heterocycles. The number of fused-ring (bicyclic) bond motifs is 1. The fourth-order valence-electron chi connectivity index (χ4n) is 3.10. The first-order valence-electron chi connectivity index (χ1n) is 8.42. The first-order valence-corrected chi connectivity index (χ1v) is 8.42. The molecule has 4 rings (SSSR count). The van der Waals surface area contributed by atoms with Crippen molar-refractivity contribution >= 4 is 11.5 Å². The maximum atomic E-state index is 12.2. The standard InChI is InChI=1S/C18H19N5O2/c24-18-11-16(21-15-3-1-2-8-23(15)18)22-9-4-14(5-10-22)13-25-17-12-19-6-7-20-17/h1-3,6-8,11-12,14H,4-5,9-10,13H2. The predicted molar refractivity (Wildman–Crippen MR) is 93.9 cm³/mol. The molecule has 0 unspecified atom stereocenters. The number of rotatable bonds is 4. The van der Waals surface area contributed by atoms with Crippen LogP contribution < -0.4 is 15.2 Å². The number of anilines is 1. The molecule has 0 amide bonds. The highest BCUT2D eigenvalue weighted by atomic mass is 16.5. The van der Waals surface area contributed by atoms with Crippen LogP contribution in [0.3, 0.4) is 0 Å². The molecule has 7 nitrogen and oxygen atoms in total. The van der Waals surface area contributed by atoms with Gasteiger partial charge in [0.25, 0.3) is 5.56 Å². The van der Waals surface area contributed by atoms with Crippen LogP contribution in [0.1, 0.15) is 12.8 Å². The van der Waals surface area contributed by atoms with Gasteiger partial charge in [0.15, 0.2) is 0 Å². The van der Waals surface area contributed by atoms with Crippen LogP contribution in [-0.4, -0.2) is 39.0 Å². The number of hydrogen-bond donors (Lipinski definition) is 0. The van der Waals surface area contributed by atoms with Gasteiger partial charge in [-0.05, 0) is 30.9 Å². The lowest BCUT2D eigenvalue weighted by atomic mass is 9.98. The van der Waals surface area contributed by atoms with E-state index in [0.717, 1.165) is 31.7 Å². The average molecular weight is 337 g/mol. The van der Waals surface area contributed by atoms with Crippen molar-refractivity contribution in [2.75, 3.05) is 24.6 Å². The maximum Gasteiger partial charge on any atom is 0.259 e. The fraction of sp³-hybridized carbons (Fsp3) is 0.333. The van der Waals surface area contributed by atoms with Gasteiger partial charge >= 0.3 is 0 Å². The maximum absolute atomic E-state index is 12.2. The number of aromatic nitrogens is 4. The first kappa shape index (κ1) is 15.6. The molecule has 0 aromatic carbocycles. The van der Waals surface area contributed by atoms with Gasteiger partial charge in [0.2, 0.25) is 5.88 Å². The van der Waals surface area contributed by atoms with Crippen molar-refractivity contribution in [2.45, 2.75) is 12.8 Å². The van der Waals surface area contributed by atoms with Crippen LogP contribution in [0.2, 0.25) is 0 Å². The van der Waals surface area contributed by atoms with Gasteiger partial charge < -0.3 is 9.64 Å². The highest BCUT2D eigenvalue weighted by Crippen LogP contribution is 2.22. The molecule has 1 aliphatic rings. The van der Waals surface area contributed by atoms with Crippen molar-refractivity contribution in [3.8, 4) is 5.88 Å². The molecule has 128 valence electrons. The van der Waals surface area contributed by atoms with Crippen molar-refractivity contribution in [1.29, 1.82) is 0 Å². The Morgan fingerprint density at radius 1 is 1.20 bits per heavy atom. The van der Waals surface area contributed by atoms with E-state index in [1.54, 1.807) is 35.3 Å². The Kier molecular flexibility index (Phi) is 4.28. The third-order valence-electron chi connectivity index (χ3n) is 4.50. The molecule has 25 heavy (non-hydrogen) atoms. The van der Waals surface area contributed by atoms with Crippen molar-refractivity contribution in [1.82, 2.24) is 19.4 Å². The van der Waals surface area contributed by atoms with E-state index in [-0.39, 0.29) is 5.56 Å². The number of piperidine rings is 1. The lowest BCUT2D eigenvalue weighted by Gasteiger charge is -2.32. The fourth-order valence-corrected chi connectivity index (χ4v) is 3.10. The zero-order valence-corrected chi connectivity index (χ0v) is 13.8. The molecule has 0 aliphatic carbocycles. The molecule has 0 atom stereocenters. The Morgan fingerprint density at radius 2 is 2.08 bits per heavy atom. The van der Waals surface area contributed by atoms with E-state index in [2.05, 4.69) is 19.9 Å². The number of pyridine rings is 1. The summed E-state index contributed by atoms with van der Waals surface area (Å²) in [7, 11) is 0. The minimum absolute atomic E-state index is 0.0475. The molecule has 0 spiro atoms. The van der Waals surface area contributed by atoms with E-state index >= 15 is 0 Å². The van der Waals surface area contributed by atoms with Crippen molar-refractivity contribution in [3.05, 3.63) is 59.4 Å². The minimum Gasteiger partial charge on any atom is -0.476 e. The molecule has 0 saturated carbocycles. The molecule has 0 bridgehead atoms. The number of ether oxygens (including phenoxy) is 1. The van der Waals surface area contributed by atoms with Crippen LogP contribution in [0, 0.1) is 5.92 Å². The van der Waals surface area contributed by atoms with E-state index in [0.29, 0.717) is 24.1 Å². The normalized spacial score (nSPS) is 15.4. The van der Waals surface area contributed by atoms with Crippen LogP contribution in [-0.2, 0) is 0 Å². The van der Waals surface area contributed by atoms with Crippen LogP contribution in [0.15, 0.2) is 53.8 Å². The van der Waals surface area contributed by atoms with Gasteiger partial charge in [-0.15, -0.1) is 0 Å². The second-order valence-electron chi connectivity index (χ2n) is 6.17. The topological polar surface area (TPSA) is 72.6 Å². The average Bonchev–Trinajstić information content (AvgIpc) is 2.68. The highest BCUT2D eigenvalue weighted by molar-refractivity contribution is 5.48. The summed E-state index contributed by atoms with van der Waals surface area (Å²) in [6.07, 6.45) is 8.62. The Morgan fingerprint density at radius 3 is 2.88 bits per heavy atom. The second kappa shape index (κ2) is 6.88. The van der Waals surface area contributed by atoms with Gasteiger partial charge in [-0.25, -0.2) is 9.97 Å². The van der Waals surface area contributed by atoms with Gasteiger partial charge in [-0.1, -0.05) is 6.07 Å². The van der Waals surface area contributed by atoms with Gasteiger partial charge in [0.1, 0.15) is 11.5 Å². The van der Waals surface area contributed by atoms with Crippen molar-refractivity contribution in [2.24, 2.45) is 5.92 Å². The molecular weight excluding hydrogens is 318 g/mol. The summed E-state index contributed by atoms with van der Waals surface area (Å²) in [5.74, 6) is 1.79. The van der Waals surface area contributed by atoms with E-state index in [1.165, 1.54) is 0 Å². The van der Waals surface area contributed by atoms with E-state index in [4.69, 9.17) is 4.74 Å². The summed E-state index contributed by atoms with van der Waals surface area (Å²) in [5, 5.41) is 0. The molecule has 7 heteroatoms. The summed E-state index contributed by atoms with van der Waals surface area (Å²) in [6.45, 7) is 2.37. The van der Waals surface area contributed by atoms with E-state index < -0.39 is 0 Å². The molecule has 3 aromatic rings. The third kappa shape index (κ3) is 3.45. The Bertz CT molecular complexity index is 904. The predicted octanol–water partition coefficient (Wildman–Crippen LogP) is 1.78. The SMILES string of the molecule is O=c1cc(N2CCC(COc3cnccn3)CC2)nc2ccccn12. The molecule has 1 saturated heterocycles. The largest absolute Gasteiger partial charge is 0.476 e. The van der Waals surface area contributed by atoms with Crippen LogP contribution in [0.4, 0.5) is 5.82 Å². The lowest BCUT2D eigenvalue weighted by Crippen LogP contribution is -2.37.